The van der Waals surface area contributed by atoms with Crippen molar-refractivity contribution in [3.05, 3.63) is 76.2 Å². The highest BCUT2D eigenvalue weighted by molar-refractivity contribution is 7.16. The molecule has 0 aliphatic heterocycles. The van der Waals surface area contributed by atoms with Crippen LogP contribution in [0.3, 0.4) is 0 Å². The molecule has 1 heterocycles. The molecule has 1 amide bonds. The number of rotatable bonds is 6. The van der Waals surface area contributed by atoms with E-state index >= 15 is 0 Å². The zero-order chi connectivity index (χ0) is 23.4. The molecule has 0 saturated heterocycles. The number of hydrogen-bond donors (Lipinski definition) is 1. The third-order valence-electron chi connectivity index (χ3n) is 6.27. The van der Waals surface area contributed by atoms with Crippen molar-refractivity contribution in [3.63, 3.8) is 0 Å². The first-order valence-corrected chi connectivity index (χ1v) is 12.4. The number of benzene rings is 2. The number of hydrogen-bond acceptors (Lipinski definition) is 4. The Hall–Kier alpha value is -2.92. The maximum atomic E-state index is 13.4. The predicted octanol–water partition coefficient (Wildman–Crippen LogP) is 7.30. The molecule has 1 N–H and O–H groups in total. The van der Waals surface area contributed by atoms with Crippen molar-refractivity contribution in [1.29, 1.82) is 0 Å². The second kappa shape index (κ2) is 9.92. The van der Waals surface area contributed by atoms with Gasteiger partial charge in [-0.15, -0.1) is 11.3 Å². The van der Waals surface area contributed by atoms with E-state index < -0.39 is 0 Å². The molecule has 4 rings (SSSR count). The van der Waals surface area contributed by atoms with Gasteiger partial charge in [0.25, 0.3) is 5.91 Å². The number of amides is 1. The molecule has 1 atom stereocenters. The average molecular weight is 461 g/mol. The number of nitrogens with one attached hydrogen (secondary N) is 1. The highest BCUT2D eigenvalue weighted by Crippen LogP contribution is 2.45. The van der Waals surface area contributed by atoms with E-state index in [-0.39, 0.29) is 11.3 Å². The van der Waals surface area contributed by atoms with Crippen LogP contribution in [0.25, 0.3) is 0 Å². The quantitative estimate of drug-likeness (QED) is 0.392. The summed E-state index contributed by atoms with van der Waals surface area (Å²) in [6.07, 6.45) is 4.83. The molecule has 1 aliphatic carbocycles. The largest absolute Gasteiger partial charge is 0.493 e. The number of carbonyl (C=O) groups excluding carboxylic acids is 1. The summed E-state index contributed by atoms with van der Waals surface area (Å²) >= 11 is 1.66. The molecule has 1 aliphatic rings. The lowest BCUT2D eigenvalue weighted by molar-refractivity contribution is 0.102. The summed E-state index contributed by atoms with van der Waals surface area (Å²) in [5.74, 6) is 1.32. The van der Waals surface area contributed by atoms with Crippen LogP contribution in [0.4, 0.5) is 10.7 Å². The number of anilines is 1. The molecule has 4 nitrogen and oxygen atoms in total. The maximum absolute atomic E-state index is 13.4. The highest BCUT2D eigenvalue weighted by Gasteiger charge is 2.33. The minimum absolute atomic E-state index is 0.0850. The van der Waals surface area contributed by atoms with Crippen molar-refractivity contribution < 1.29 is 9.53 Å². The smallest absolute Gasteiger partial charge is 0.259 e. The molecule has 0 saturated carbocycles. The molecular weight excluding hydrogens is 428 g/mol. The summed E-state index contributed by atoms with van der Waals surface area (Å²) in [5.41, 5.74) is 3.83. The number of aliphatic imine (C=N–C) groups is 1. The minimum Gasteiger partial charge on any atom is -0.493 e. The van der Waals surface area contributed by atoms with E-state index in [0.717, 1.165) is 46.8 Å². The van der Waals surface area contributed by atoms with Crippen molar-refractivity contribution >= 4 is 34.1 Å². The molecule has 0 unspecified atom stereocenters. The third kappa shape index (κ3) is 5.36. The first kappa shape index (κ1) is 23.2. The van der Waals surface area contributed by atoms with Crippen LogP contribution in [-0.2, 0) is 12.8 Å². The van der Waals surface area contributed by atoms with Gasteiger partial charge in [0.2, 0.25) is 0 Å². The van der Waals surface area contributed by atoms with Crippen LogP contribution in [0.15, 0.2) is 59.6 Å². The lowest BCUT2D eigenvalue weighted by atomic mass is 9.72. The predicted molar refractivity (Wildman–Crippen MR) is 139 cm³/mol. The van der Waals surface area contributed by atoms with Crippen molar-refractivity contribution in [2.75, 3.05) is 11.9 Å². The Morgan fingerprint density at radius 1 is 1.15 bits per heavy atom. The molecular formula is C28H32N2O2S. The number of thiophene rings is 1. The lowest BCUT2D eigenvalue weighted by Crippen LogP contribution is -2.27. The highest BCUT2D eigenvalue weighted by atomic mass is 32.1. The number of para-hydroxylation sites is 2. The van der Waals surface area contributed by atoms with Gasteiger partial charge in [-0.05, 0) is 67.3 Å². The fourth-order valence-electron chi connectivity index (χ4n) is 4.35. The van der Waals surface area contributed by atoms with E-state index in [9.17, 15) is 4.79 Å². The van der Waals surface area contributed by atoms with E-state index in [1.807, 2.05) is 67.7 Å². The van der Waals surface area contributed by atoms with Crippen molar-refractivity contribution in [1.82, 2.24) is 0 Å². The molecule has 0 bridgehead atoms. The van der Waals surface area contributed by atoms with Crippen molar-refractivity contribution in [2.45, 2.75) is 47.0 Å². The van der Waals surface area contributed by atoms with E-state index in [2.05, 4.69) is 26.1 Å². The normalized spacial score (nSPS) is 15.9. The monoisotopic (exact) mass is 460 g/mol. The fraction of sp³-hybridized carbons (Fsp3) is 0.357. The number of ether oxygens (including phenoxy) is 1. The van der Waals surface area contributed by atoms with Gasteiger partial charge in [-0.2, -0.15) is 0 Å². The summed E-state index contributed by atoms with van der Waals surface area (Å²) in [4.78, 5) is 19.5. The van der Waals surface area contributed by atoms with E-state index in [0.29, 0.717) is 12.5 Å². The Kier molecular flexibility index (Phi) is 6.99. The summed E-state index contributed by atoms with van der Waals surface area (Å²) in [6.45, 7) is 9.49. The Labute approximate surface area is 200 Å². The van der Waals surface area contributed by atoms with Crippen LogP contribution in [0.1, 0.15) is 60.5 Å². The van der Waals surface area contributed by atoms with Crippen molar-refractivity contribution in [2.24, 2.45) is 16.3 Å². The topological polar surface area (TPSA) is 50.7 Å². The van der Waals surface area contributed by atoms with E-state index in [1.165, 1.54) is 10.4 Å². The van der Waals surface area contributed by atoms with Crippen LogP contribution in [0.2, 0.25) is 0 Å². The summed E-state index contributed by atoms with van der Waals surface area (Å²) in [5, 5.41) is 3.85. The van der Waals surface area contributed by atoms with Gasteiger partial charge in [0.15, 0.2) is 0 Å². The zero-order valence-corrected chi connectivity index (χ0v) is 20.7. The molecule has 3 aromatic rings. The molecule has 1 aromatic heterocycles. The Morgan fingerprint density at radius 3 is 2.61 bits per heavy atom. The van der Waals surface area contributed by atoms with Crippen LogP contribution < -0.4 is 10.1 Å². The van der Waals surface area contributed by atoms with Crippen LogP contribution in [-0.4, -0.2) is 18.7 Å². The first-order valence-electron chi connectivity index (χ1n) is 11.6. The minimum atomic E-state index is -0.0850. The molecule has 172 valence electrons. The number of fused-ring (bicyclic) bond motifs is 1. The Balaban J connectivity index is 1.71. The third-order valence-corrected chi connectivity index (χ3v) is 7.43. The SMILES string of the molecule is CCOc1ccccc1C=Nc1sc2c(c1C(=O)Nc1ccccc1)CC[C@@H](C(C)(C)C)C2. The van der Waals surface area contributed by atoms with E-state index in [1.54, 1.807) is 11.3 Å². The molecule has 33 heavy (non-hydrogen) atoms. The maximum Gasteiger partial charge on any atom is 0.259 e. The second-order valence-electron chi connectivity index (χ2n) is 9.54. The van der Waals surface area contributed by atoms with Gasteiger partial charge >= 0.3 is 0 Å². The second-order valence-corrected chi connectivity index (χ2v) is 10.6. The molecule has 0 spiro atoms. The summed E-state index contributed by atoms with van der Waals surface area (Å²) in [6, 6.07) is 17.5. The molecule has 0 radical (unpaired) electrons. The number of carbonyl (C=O) groups is 1. The number of nitrogens with zero attached hydrogens (tertiary/aromatic N) is 1. The van der Waals surface area contributed by atoms with Crippen LogP contribution in [0.5, 0.6) is 5.75 Å². The van der Waals surface area contributed by atoms with E-state index in [4.69, 9.17) is 9.73 Å². The molecule has 2 aromatic carbocycles. The van der Waals surface area contributed by atoms with Crippen molar-refractivity contribution in [3.8, 4) is 5.75 Å². The van der Waals surface area contributed by atoms with Gasteiger partial charge in [-0.3, -0.25) is 4.79 Å². The molecule has 5 heteroatoms. The summed E-state index contributed by atoms with van der Waals surface area (Å²) < 4.78 is 5.75. The standard InChI is InChI=1S/C28H32N2O2S/c1-5-32-23-14-10-9-11-19(23)18-29-27-25(26(31)30-21-12-7-6-8-13-21)22-16-15-20(28(2,3)4)17-24(22)33-27/h6-14,18,20H,5,15-17H2,1-4H3,(H,30,31)/t20-/m1/s1. The summed E-state index contributed by atoms with van der Waals surface area (Å²) in [7, 11) is 0. The zero-order valence-electron chi connectivity index (χ0n) is 19.9. The van der Waals surface area contributed by atoms with Gasteiger partial charge in [-0.25, -0.2) is 4.99 Å². The van der Waals surface area contributed by atoms with Gasteiger partial charge in [0, 0.05) is 22.3 Å². The van der Waals surface area contributed by atoms with Crippen LogP contribution >= 0.6 is 11.3 Å². The Morgan fingerprint density at radius 2 is 1.88 bits per heavy atom. The van der Waals surface area contributed by atoms with Gasteiger partial charge in [0.05, 0.1) is 12.2 Å². The van der Waals surface area contributed by atoms with Gasteiger partial charge < -0.3 is 10.1 Å². The first-order chi connectivity index (χ1) is 15.9. The molecule has 0 fully saturated rings. The average Bonchev–Trinajstić information content (AvgIpc) is 3.16. The van der Waals surface area contributed by atoms with Gasteiger partial charge in [-0.1, -0.05) is 51.1 Å². The van der Waals surface area contributed by atoms with Gasteiger partial charge in [0.1, 0.15) is 10.8 Å². The fourth-order valence-corrected chi connectivity index (χ4v) is 5.62. The Bertz CT molecular complexity index is 1140. The van der Waals surface area contributed by atoms with Crippen LogP contribution in [0, 0.1) is 11.3 Å². The lowest BCUT2D eigenvalue weighted by Gasteiger charge is -2.33.